The lowest BCUT2D eigenvalue weighted by Gasteiger charge is -2.06. The number of carbonyl (C=O) groups is 1. The van der Waals surface area contributed by atoms with Gasteiger partial charge in [0.05, 0.1) is 16.6 Å². The normalized spacial score (nSPS) is 10.9. The van der Waals surface area contributed by atoms with Crippen LogP contribution in [0.5, 0.6) is 5.75 Å². The molecule has 78 valence electrons. The molecule has 1 aromatic heterocycles. The lowest BCUT2D eigenvalue weighted by molar-refractivity contribution is 0.112. The van der Waals surface area contributed by atoms with Gasteiger partial charge >= 0.3 is 0 Å². The zero-order valence-corrected chi connectivity index (χ0v) is 8.79. The van der Waals surface area contributed by atoms with E-state index in [9.17, 15) is 9.90 Å². The quantitative estimate of drug-likeness (QED) is 0.725. The van der Waals surface area contributed by atoms with Crippen molar-refractivity contribution in [1.82, 2.24) is 5.16 Å². The Bertz CT molecular complexity index is 555. The Balaban J connectivity index is 3.04. The van der Waals surface area contributed by atoms with E-state index < -0.39 is 0 Å². The van der Waals surface area contributed by atoms with Crippen LogP contribution in [0.2, 0.25) is 0 Å². The predicted molar refractivity (Wildman–Crippen MR) is 55.3 cm³/mol. The third kappa shape index (κ3) is 1.14. The van der Waals surface area contributed by atoms with Crippen molar-refractivity contribution in [3.63, 3.8) is 0 Å². The summed E-state index contributed by atoms with van der Waals surface area (Å²) in [5, 5.41) is 14.4. The van der Waals surface area contributed by atoms with Crippen LogP contribution in [0.1, 0.15) is 27.2 Å². The fourth-order valence-electron chi connectivity index (χ4n) is 1.83. The van der Waals surface area contributed by atoms with Gasteiger partial charge in [-0.1, -0.05) is 5.16 Å². The Morgan fingerprint density at radius 2 is 1.93 bits per heavy atom. The lowest BCUT2D eigenvalue weighted by Crippen LogP contribution is -1.92. The maximum absolute atomic E-state index is 10.8. The number of aldehydes is 1. The number of nitrogens with zero attached hydrogens (tertiary/aromatic N) is 1. The molecular weight excluding hydrogens is 194 g/mol. The predicted octanol–water partition coefficient (Wildman–Crippen LogP) is 2.27. The number of benzene rings is 1. The molecule has 0 aliphatic carbocycles. The Morgan fingerprint density at radius 3 is 2.53 bits per heavy atom. The highest BCUT2D eigenvalue weighted by molar-refractivity contribution is 5.96. The average Bonchev–Trinajstić information content (AvgIpc) is 2.58. The largest absolute Gasteiger partial charge is 0.507 e. The summed E-state index contributed by atoms with van der Waals surface area (Å²) < 4.78 is 5.14. The number of carbonyl (C=O) groups excluding carboxylic acids is 1. The maximum atomic E-state index is 10.8. The molecule has 0 saturated heterocycles. The Morgan fingerprint density at radius 1 is 1.27 bits per heavy atom. The van der Waals surface area contributed by atoms with Crippen molar-refractivity contribution in [3.8, 4) is 5.75 Å². The fraction of sp³-hybridized carbons (Fsp3) is 0.273. The van der Waals surface area contributed by atoms with Crippen molar-refractivity contribution in [3.05, 3.63) is 22.4 Å². The molecule has 0 saturated carbocycles. The average molecular weight is 205 g/mol. The van der Waals surface area contributed by atoms with Crippen LogP contribution in [0.15, 0.2) is 4.52 Å². The third-order valence-electron chi connectivity index (χ3n) is 2.71. The summed E-state index contributed by atoms with van der Waals surface area (Å²) in [6.07, 6.45) is 0.634. The molecule has 0 fully saturated rings. The molecule has 0 aliphatic heterocycles. The highest BCUT2D eigenvalue weighted by atomic mass is 16.5. The molecule has 0 aliphatic rings. The van der Waals surface area contributed by atoms with Crippen molar-refractivity contribution in [2.75, 3.05) is 0 Å². The fourth-order valence-corrected chi connectivity index (χ4v) is 1.83. The molecule has 0 radical (unpaired) electrons. The number of rotatable bonds is 1. The van der Waals surface area contributed by atoms with Gasteiger partial charge < -0.3 is 9.63 Å². The molecular formula is C11H11NO3. The van der Waals surface area contributed by atoms with Gasteiger partial charge in [0.2, 0.25) is 0 Å². The number of aryl methyl sites for hydroxylation is 3. The molecule has 15 heavy (non-hydrogen) atoms. The molecule has 1 heterocycles. The number of aromatic nitrogens is 1. The SMILES string of the molecule is Cc1c(C=O)c(O)c(C)c2c(C)noc12. The minimum Gasteiger partial charge on any atom is -0.507 e. The molecule has 2 aromatic rings. The number of fused-ring (bicyclic) bond motifs is 1. The lowest BCUT2D eigenvalue weighted by atomic mass is 9.99. The first-order valence-electron chi connectivity index (χ1n) is 4.61. The minimum atomic E-state index is 0.0151. The van der Waals surface area contributed by atoms with Gasteiger partial charge in [-0.2, -0.15) is 0 Å². The van der Waals surface area contributed by atoms with E-state index in [4.69, 9.17) is 4.52 Å². The summed E-state index contributed by atoms with van der Waals surface area (Å²) >= 11 is 0. The summed E-state index contributed by atoms with van der Waals surface area (Å²) in [5.41, 5.74) is 2.83. The molecule has 4 nitrogen and oxygen atoms in total. The highest BCUT2D eigenvalue weighted by Crippen LogP contribution is 2.34. The molecule has 0 bridgehead atoms. The minimum absolute atomic E-state index is 0.0151. The van der Waals surface area contributed by atoms with Crippen LogP contribution >= 0.6 is 0 Å². The van der Waals surface area contributed by atoms with Gasteiger partial charge in [-0.15, -0.1) is 0 Å². The number of hydrogen-bond donors (Lipinski definition) is 1. The van der Waals surface area contributed by atoms with Gasteiger partial charge in [0.15, 0.2) is 11.9 Å². The van der Waals surface area contributed by atoms with E-state index in [-0.39, 0.29) is 11.3 Å². The van der Waals surface area contributed by atoms with Crippen LogP contribution in [0.4, 0.5) is 0 Å². The van der Waals surface area contributed by atoms with E-state index in [0.29, 0.717) is 23.0 Å². The van der Waals surface area contributed by atoms with Crippen LogP contribution < -0.4 is 0 Å². The Labute approximate surface area is 86.5 Å². The standard InChI is InChI=1S/C11H11NO3/c1-5-8(4-13)10(14)6(2)9-7(3)12-15-11(5)9/h4,14H,1-3H3. The van der Waals surface area contributed by atoms with E-state index in [1.165, 1.54) is 0 Å². The Kier molecular flexibility index (Phi) is 2.00. The van der Waals surface area contributed by atoms with E-state index in [1.807, 2.05) is 0 Å². The van der Waals surface area contributed by atoms with E-state index in [0.717, 1.165) is 11.1 Å². The summed E-state index contributed by atoms with van der Waals surface area (Å²) in [6, 6.07) is 0. The van der Waals surface area contributed by atoms with E-state index in [1.54, 1.807) is 20.8 Å². The monoisotopic (exact) mass is 205 g/mol. The smallest absolute Gasteiger partial charge is 0.171 e. The second-order valence-corrected chi connectivity index (χ2v) is 3.60. The molecule has 0 unspecified atom stereocenters. The zero-order valence-electron chi connectivity index (χ0n) is 8.79. The van der Waals surface area contributed by atoms with Gasteiger partial charge in [-0.3, -0.25) is 4.79 Å². The van der Waals surface area contributed by atoms with Gasteiger partial charge in [-0.05, 0) is 20.8 Å². The maximum Gasteiger partial charge on any atom is 0.171 e. The van der Waals surface area contributed by atoms with Crippen LogP contribution in [0.25, 0.3) is 11.0 Å². The van der Waals surface area contributed by atoms with Crippen molar-refractivity contribution in [2.24, 2.45) is 0 Å². The summed E-state index contributed by atoms with van der Waals surface area (Å²) in [6.45, 7) is 5.28. The summed E-state index contributed by atoms with van der Waals surface area (Å²) in [4.78, 5) is 10.8. The van der Waals surface area contributed by atoms with Crippen LogP contribution in [-0.4, -0.2) is 16.5 Å². The molecule has 1 aromatic carbocycles. The zero-order chi connectivity index (χ0) is 11.2. The van der Waals surface area contributed by atoms with Gasteiger partial charge in [0.1, 0.15) is 5.75 Å². The number of hydrogen-bond acceptors (Lipinski definition) is 4. The third-order valence-corrected chi connectivity index (χ3v) is 2.71. The van der Waals surface area contributed by atoms with Gasteiger partial charge in [0.25, 0.3) is 0 Å². The molecule has 1 N–H and O–H groups in total. The number of phenols is 1. The molecule has 2 rings (SSSR count). The van der Waals surface area contributed by atoms with E-state index in [2.05, 4.69) is 5.16 Å². The second kappa shape index (κ2) is 3.08. The van der Waals surface area contributed by atoms with Crippen LogP contribution in [0, 0.1) is 20.8 Å². The van der Waals surface area contributed by atoms with Crippen LogP contribution in [-0.2, 0) is 0 Å². The van der Waals surface area contributed by atoms with Crippen LogP contribution in [0.3, 0.4) is 0 Å². The van der Waals surface area contributed by atoms with Gasteiger partial charge in [-0.25, -0.2) is 0 Å². The summed E-state index contributed by atoms with van der Waals surface area (Å²) in [5.74, 6) is 0.0151. The molecule has 0 spiro atoms. The number of phenolic OH excluding ortho intramolecular Hbond substituents is 1. The first-order chi connectivity index (χ1) is 7.07. The first-order valence-corrected chi connectivity index (χ1v) is 4.61. The first kappa shape index (κ1) is 9.71. The van der Waals surface area contributed by atoms with E-state index >= 15 is 0 Å². The Hall–Kier alpha value is -1.84. The number of aromatic hydroxyl groups is 1. The molecule has 4 heteroatoms. The highest BCUT2D eigenvalue weighted by Gasteiger charge is 2.18. The van der Waals surface area contributed by atoms with Crippen molar-refractivity contribution in [2.45, 2.75) is 20.8 Å². The van der Waals surface area contributed by atoms with Crippen molar-refractivity contribution in [1.29, 1.82) is 0 Å². The van der Waals surface area contributed by atoms with Crippen molar-refractivity contribution < 1.29 is 14.4 Å². The second-order valence-electron chi connectivity index (χ2n) is 3.60. The molecule has 0 atom stereocenters. The van der Waals surface area contributed by atoms with Gasteiger partial charge in [0, 0.05) is 11.1 Å². The topological polar surface area (TPSA) is 63.3 Å². The molecule has 0 amide bonds. The van der Waals surface area contributed by atoms with Crippen molar-refractivity contribution >= 4 is 17.3 Å². The summed E-state index contributed by atoms with van der Waals surface area (Å²) in [7, 11) is 0.